The lowest BCUT2D eigenvalue weighted by atomic mass is 10.4. The van der Waals surface area contributed by atoms with Gasteiger partial charge in [-0.25, -0.2) is 0 Å². The Hall–Kier alpha value is -0.720. The summed E-state index contributed by atoms with van der Waals surface area (Å²) in [7, 11) is 0. The van der Waals surface area contributed by atoms with Gasteiger partial charge in [-0.1, -0.05) is 19.6 Å². The second-order valence-corrected chi connectivity index (χ2v) is 1.71. The van der Waals surface area contributed by atoms with Crippen LogP contribution in [-0.2, 0) is 4.74 Å². The van der Waals surface area contributed by atoms with Crippen molar-refractivity contribution in [3.05, 3.63) is 24.5 Å². The highest BCUT2D eigenvalue weighted by Crippen LogP contribution is 1.95. The molecule has 0 aromatic heterocycles. The SMILES string of the molecule is C=C(C=CCC)OCC. The molecule has 0 radical (unpaired) electrons. The maximum absolute atomic E-state index is 5.06. The van der Waals surface area contributed by atoms with Crippen LogP contribution in [0.4, 0.5) is 0 Å². The molecular weight excluding hydrogens is 112 g/mol. The summed E-state index contributed by atoms with van der Waals surface area (Å²) in [6.45, 7) is 8.40. The van der Waals surface area contributed by atoms with Crippen LogP contribution in [0.2, 0.25) is 0 Å². The first kappa shape index (κ1) is 8.28. The molecule has 1 heteroatoms. The molecule has 0 aromatic rings. The van der Waals surface area contributed by atoms with Gasteiger partial charge in [0.05, 0.1) is 6.61 Å². The summed E-state index contributed by atoms with van der Waals surface area (Å²) in [6, 6.07) is 0. The van der Waals surface area contributed by atoms with E-state index in [2.05, 4.69) is 13.5 Å². The minimum Gasteiger partial charge on any atom is -0.495 e. The molecule has 0 saturated carbocycles. The van der Waals surface area contributed by atoms with Gasteiger partial charge >= 0.3 is 0 Å². The standard InChI is InChI=1S/C8H14O/c1-4-6-7-8(3)9-5-2/h6-7H,3-5H2,1-2H3. The van der Waals surface area contributed by atoms with E-state index in [1.807, 2.05) is 19.1 Å². The molecule has 9 heavy (non-hydrogen) atoms. The lowest BCUT2D eigenvalue weighted by molar-refractivity contribution is 0.244. The highest BCUT2D eigenvalue weighted by molar-refractivity contribution is 5.06. The minimum atomic E-state index is 0.701. The van der Waals surface area contributed by atoms with Crippen molar-refractivity contribution in [1.82, 2.24) is 0 Å². The van der Waals surface area contributed by atoms with Gasteiger partial charge < -0.3 is 4.74 Å². The van der Waals surface area contributed by atoms with E-state index in [9.17, 15) is 0 Å². The molecule has 0 aliphatic carbocycles. The minimum absolute atomic E-state index is 0.701. The molecular formula is C8H14O. The Morgan fingerprint density at radius 3 is 2.67 bits per heavy atom. The number of hydrogen-bond acceptors (Lipinski definition) is 1. The average molecular weight is 126 g/mol. The van der Waals surface area contributed by atoms with Gasteiger partial charge in [-0.15, -0.1) is 0 Å². The first-order valence-corrected chi connectivity index (χ1v) is 3.29. The van der Waals surface area contributed by atoms with Gasteiger partial charge in [-0.2, -0.15) is 0 Å². The molecule has 52 valence electrons. The highest BCUT2D eigenvalue weighted by atomic mass is 16.5. The van der Waals surface area contributed by atoms with Gasteiger partial charge in [0.1, 0.15) is 5.76 Å². The largest absolute Gasteiger partial charge is 0.495 e. The van der Waals surface area contributed by atoms with E-state index in [1.165, 1.54) is 0 Å². The predicted octanol–water partition coefficient (Wildman–Crippen LogP) is 2.50. The van der Waals surface area contributed by atoms with Crippen LogP contribution in [0.5, 0.6) is 0 Å². The number of allylic oxidation sites excluding steroid dienone is 2. The summed E-state index contributed by atoms with van der Waals surface area (Å²) in [5.74, 6) is 0.749. The zero-order chi connectivity index (χ0) is 7.11. The molecule has 0 unspecified atom stereocenters. The quantitative estimate of drug-likeness (QED) is 0.415. The van der Waals surface area contributed by atoms with Crippen LogP contribution in [0.15, 0.2) is 24.5 Å². The summed E-state index contributed by atoms with van der Waals surface area (Å²) < 4.78 is 5.06. The topological polar surface area (TPSA) is 9.23 Å². The maximum atomic E-state index is 5.06. The summed E-state index contributed by atoms with van der Waals surface area (Å²) in [4.78, 5) is 0. The van der Waals surface area contributed by atoms with Crippen molar-refractivity contribution in [2.75, 3.05) is 6.61 Å². The Kier molecular flexibility index (Phi) is 4.98. The lowest BCUT2D eigenvalue weighted by Gasteiger charge is -1.98. The monoisotopic (exact) mass is 126 g/mol. The van der Waals surface area contributed by atoms with E-state index in [0.717, 1.165) is 12.2 Å². The van der Waals surface area contributed by atoms with Crippen LogP contribution in [0, 0.1) is 0 Å². The number of ether oxygens (including phenoxy) is 1. The van der Waals surface area contributed by atoms with Crippen molar-refractivity contribution in [3.8, 4) is 0 Å². The van der Waals surface area contributed by atoms with Crippen molar-refractivity contribution in [1.29, 1.82) is 0 Å². The summed E-state index contributed by atoms with van der Waals surface area (Å²) >= 11 is 0. The second-order valence-electron chi connectivity index (χ2n) is 1.71. The normalized spacial score (nSPS) is 10.0. The van der Waals surface area contributed by atoms with Crippen molar-refractivity contribution in [2.24, 2.45) is 0 Å². The van der Waals surface area contributed by atoms with Crippen molar-refractivity contribution >= 4 is 0 Å². The molecule has 0 aliphatic heterocycles. The molecule has 0 aliphatic rings. The highest BCUT2D eigenvalue weighted by Gasteiger charge is 1.81. The molecule has 0 atom stereocenters. The second kappa shape index (κ2) is 5.42. The van der Waals surface area contributed by atoms with E-state index >= 15 is 0 Å². The molecule has 0 heterocycles. The molecule has 0 N–H and O–H groups in total. The van der Waals surface area contributed by atoms with E-state index in [1.54, 1.807) is 0 Å². The molecule has 0 aromatic carbocycles. The fraction of sp³-hybridized carbons (Fsp3) is 0.500. The smallest absolute Gasteiger partial charge is 0.111 e. The molecule has 1 nitrogen and oxygen atoms in total. The Bertz CT molecular complexity index is 103. The van der Waals surface area contributed by atoms with Crippen LogP contribution >= 0.6 is 0 Å². The van der Waals surface area contributed by atoms with Crippen molar-refractivity contribution in [3.63, 3.8) is 0 Å². The third-order valence-electron chi connectivity index (χ3n) is 0.869. The van der Waals surface area contributed by atoms with Crippen LogP contribution < -0.4 is 0 Å². The Labute approximate surface area is 57.0 Å². The third-order valence-corrected chi connectivity index (χ3v) is 0.869. The summed E-state index contributed by atoms with van der Waals surface area (Å²) in [6.07, 6.45) is 4.95. The van der Waals surface area contributed by atoms with Gasteiger partial charge in [0, 0.05) is 0 Å². The molecule has 0 rings (SSSR count). The molecule has 0 amide bonds. The Morgan fingerprint density at radius 1 is 1.56 bits per heavy atom. The van der Waals surface area contributed by atoms with Crippen LogP contribution in [0.1, 0.15) is 20.3 Å². The molecule has 0 bridgehead atoms. The Balaban J connectivity index is 3.37. The van der Waals surface area contributed by atoms with E-state index < -0.39 is 0 Å². The fourth-order valence-electron chi connectivity index (χ4n) is 0.483. The van der Waals surface area contributed by atoms with Crippen LogP contribution in [-0.4, -0.2) is 6.61 Å². The van der Waals surface area contributed by atoms with Crippen LogP contribution in [0.3, 0.4) is 0 Å². The maximum Gasteiger partial charge on any atom is 0.111 e. The summed E-state index contributed by atoms with van der Waals surface area (Å²) in [5.41, 5.74) is 0. The van der Waals surface area contributed by atoms with Crippen LogP contribution in [0.25, 0.3) is 0 Å². The molecule has 0 fully saturated rings. The Morgan fingerprint density at radius 2 is 2.22 bits per heavy atom. The van der Waals surface area contributed by atoms with E-state index in [-0.39, 0.29) is 0 Å². The van der Waals surface area contributed by atoms with E-state index in [0.29, 0.717) is 6.61 Å². The molecule has 0 saturated heterocycles. The average Bonchev–Trinajstić information content (AvgIpc) is 1.85. The third kappa shape index (κ3) is 5.15. The van der Waals surface area contributed by atoms with Gasteiger partial charge in [-0.05, 0) is 19.4 Å². The lowest BCUT2D eigenvalue weighted by Crippen LogP contribution is -1.84. The predicted molar refractivity (Wildman–Crippen MR) is 40.2 cm³/mol. The van der Waals surface area contributed by atoms with Crippen molar-refractivity contribution < 1.29 is 4.74 Å². The summed E-state index contributed by atoms with van der Waals surface area (Å²) in [5, 5.41) is 0. The fourth-order valence-corrected chi connectivity index (χ4v) is 0.483. The van der Waals surface area contributed by atoms with Gasteiger partial charge in [0.2, 0.25) is 0 Å². The van der Waals surface area contributed by atoms with Crippen molar-refractivity contribution in [2.45, 2.75) is 20.3 Å². The van der Waals surface area contributed by atoms with Gasteiger partial charge in [0.15, 0.2) is 0 Å². The zero-order valence-electron chi connectivity index (χ0n) is 6.18. The molecule has 0 spiro atoms. The van der Waals surface area contributed by atoms with Gasteiger partial charge in [0.25, 0.3) is 0 Å². The zero-order valence-corrected chi connectivity index (χ0v) is 6.18. The number of hydrogen-bond donors (Lipinski definition) is 0. The van der Waals surface area contributed by atoms with Gasteiger partial charge in [-0.3, -0.25) is 0 Å². The first-order valence-electron chi connectivity index (χ1n) is 3.29. The number of rotatable bonds is 4. The first-order chi connectivity index (χ1) is 4.31. The van der Waals surface area contributed by atoms with E-state index in [4.69, 9.17) is 4.74 Å².